The van der Waals surface area contributed by atoms with Gasteiger partial charge < -0.3 is 20.1 Å². The number of carbonyl (C=O) groups excluding carboxylic acids is 2. The third-order valence-corrected chi connectivity index (χ3v) is 8.04. The largest absolute Gasteiger partial charge is 0.480 e. The van der Waals surface area contributed by atoms with Crippen LogP contribution in [0.1, 0.15) is 29.5 Å². The van der Waals surface area contributed by atoms with Crippen molar-refractivity contribution >= 4 is 28.0 Å². The predicted molar refractivity (Wildman–Crippen MR) is 132 cm³/mol. The Morgan fingerprint density at radius 2 is 1.69 bits per heavy atom. The van der Waals surface area contributed by atoms with Crippen molar-refractivity contribution in [2.45, 2.75) is 44.2 Å². The van der Waals surface area contributed by atoms with Gasteiger partial charge in [-0.15, -0.1) is 0 Å². The van der Waals surface area contributed by atoms with E-state index in [1.54, 1.807) is 43.3 Å². The van der Waals surface area contributed by atoms with Gasteiger partial charge in [-0.25, -0.2) is 18.0 Å². The highest BCUT2D eigenvalue weighted by molar-refractivity contribution is 7.89. The highest BCUT2D eigenvalue weighted by atomic mass is 32.2. The van der Waals surface area contributed by atoms with Crippen molar-refractivity contribution in [2.75, 3.05) is 26.2 Å². The zero-order valence-electron chi connectivity index (χ0n) is 20.3. The van der Waals surface area contributed by atoms with Crippen LogP contribution in [0.15, 0.2) is 53.4 Å². The second kappa shape index (κ2) is 12.0. The van der Waals surface area contributed by atoms with Crippen molar-refractivity contribution in [1.29, 1.82) is 0 Å². The number of nitrogens with one attached hydrogen (secondary N) is 1. The van der Waals surface area contributed by atoms with E-state index in [2.05, 4.69) is 5.32 Å². The van der Waals surface area contributed by atoms with E-state index < -0.39 is 28.1 Å². The van der Waals surface area contributed by atoms with Crippen LogP contribution >= 0.6 is 0 Å². The number of hydrogen-bond acceptors (Lipinski definition) is 6. The predicted octanol–water partition coefficient (Wildman–Crippen LogP) is 2.30. The van der Waals surface area contributed by atoms with Crippen molar-refractivity contribution < 1.29 is 32.6 Å². The molecule has 36 heavy (non-hydrogen) atoms. The second-order valence-corrected chi connectivity index (χ2v) is 10.6. The first-order valence-corrected chi connectivity index (χ1v) is 13.1. The molecule has 1 aliphatic heterocycles. The maximum absolute atomic E-state index is 13.1. The molecule has 2 aromatic rings. The van der Waals surface area contributed by atoms with Gasteiger partial charge in [-0.2, -0.15) is 4.31 Å². The smallest absolute Gasteiger partial charge is 0.408 e. The average Bonchev–Trinajstić information content (AvgIpc) is 2.87. The first kappa shape index (κ1) is 27.2. The molecule has 0 unspecified atom stereocenters. The summed E-state index contributed by atoms with van der Waals surface area (Å²) in [5, 5.41) is 11.7. The van der Waals surface area contributed by atoms with Gasteiger partial charge in [0.1, 0.15) is 12.6 Å². The number of hydrogen-bond donors (Lipinski definition) is 2. The number of carboxylic acids is 1. The maximum Gasteiger partial charge on any atom is 0.408 e. The van der Waals surface area contributed by atoms with E-state index in [1.807, 2.05) is 19.1 Å². The summed E-state index contributed by atoms with van der Waals surface area (Å²) in [7, 11) is -3.68. The first-order chi connectivity index (χ1) is 17.1. The van der Waals surface area contributed by atoms with E-state index >= 15 is 0 Å². The molecule has 2 amide bonds. The van der Waals surface area contributed by atoms with Crippen LogP contribution in [0.4, 0.5) is 4.79 Å². The number of amides is 2. The third kappa shape index (κ3) is 7.05. The molecular formula is C25H31N3O7S. The maximum atomic E-state index is 13.1. The van der Waals surface area contributed by atoms with Crippen molar-refractivity contribution in [1.82, 2.24) is 14.5 Å². The number of carbonyl (C=O) groups is 3. The summed E-state index contributed by atoms with van der Waals surface area (Å²) in [6.07, 6.45) is -1.11. The fraction of sp³-hybridized carbons (Fsp3) is 0.400. The quantitative estimate of drug-likeness (QED) is 0.521. The summed E-state index contributed by atoms with van der Waals surface area (Å²) in [6.45, 7) is 4.27. The Balaban J connectivity index is 1.49. The third-order valence-electron chi connectivity index (χ3n) is 6.00. The van der Waals surface area contributed by atoms with E-state index in [-0.39, 0.29) is 56.4 Å². The number of ether oxygens (including phenoxy) is 1. The summed E-state index contributed by atoms with van der Waals surface area (Å²) < 4.78 is 32.6. The number of rotatable bonds is 9. The number of benzene rings is 2. The summed E-state index contributed by atoms with van der Waals surface area (Å²) in [6, 6.07) is 12.9. The normalized spacial score (nSPS) is 15.2. The monoisotopic (exact) mass is 517 g/mol. The van der Waals surface area contributed by atoms with Crippen LogP contribution in [-0.4, -0.2) is 72.9 Å². The molecule has 0 radical (unpaired) electrons. The molecule has 3 rings (SSSR count). The SMILES string of the molecule is Cc1ccc(C)c(S(=O)(=O)N2CCN(C(=O)CC[C@H](NC(=O)OCc3ccccc3)C(=O)O)CC2)c1. The Morgan fingerprint density at radius 3 is 2.33 bits per heavy atom. The molecule has 0 bridgehead atoms. The van der Waals surface area contributed by atoms with Crippen LogP contribution in [0.2, 0.25) is 0 Å². The minimum absolute atomic E-state index is 0.00674. The number of piperazine rings is 1. The van der Waals surface area contributed by atoms with Crippen LogP contribution in [0.5, 0.6) is 0 Å². The molecule has 1 heterocycles. The Morgan fingerprint density at radius 1 is 1.03 bits per heavy atom. The molecule has 10 nitrogen and oxygen atoms in total. The van der Waals surface area contributed by atoms with E-state index in [0.717, 1.165) is 11.1 Å². The van der Waals surface area contributed by atoms with Gasteiger partial charge in [-0.1, -0.05) is 42.5 Å². The fourth-order valence-corrected chi connectivity index (χ4v) is 5.62. The van der Waals surface area contributed by atoms with E-state index in [4.69, 9.17) is 4.74 Å². The second-order valence-electron chi connectivity index (χ2n) is 8.69. The highest BCUT2D eigenvalue weighted by Gasteiger charge is 2.31. The molecule has 1 atom stereocenters. The van der Waals surface area contributed by atoms with Crippen molar-refractivity contribution in [3.8, 4) is 0 Å². The minimum atomic E-state index is -3.68. The van der Waals surface area contributed by atoms with Gasteiger partial charge in [0.05, 0.1) is 4.90 Å². The van der Waals surface area contributed by atoms with Gasteiger partial charge in [0.2, 0.25) is 15.9 Å². The lowest BCUT2D eigenvalue weighted by atomic mass is 10.1. The fourth-order valence-electron chi connectivity index (χ4n) is 3.89. The molecule has 0 spiro atoms. The number of aryl methyl sites for hydroxylation is 2. The topological polar surface area (TPSA) is 133 Å². The lowest BCUT2D eigenvalue weighted by Crippen LogP contribution is -2.51. The minimum Gasteiger partial charge on any atom is -0.480 e. The zero-order valence-corrected chi connectivity index (χ0v) is 21.2. The van der Waals surface area contributed by atoms with Gasteiger partial charge in [-0.3, -0.25) is 4.79 Å². The van der Waals surface area contributed by atoms with Crippen LogP contribution < -0.4 is 5.32 Å². The van der Waals surface area contributed by atoms with Crippen LogP contribution in [0.25, 0.3) is 0 Å². The van der Waals surface area contributed by atoms with Gasteiger partial charge in [0.25, 0.3) is 0 Å². The Hall–Kier alpha value is -3.44. The molecule has 2 N–H and O–H groups in total. The molecule has 194 valence electrons. The van der Waals surface area contributed by atoms with Gasteiger partial charge in [0.15, 0.2) is 0 Å². The molecule has 1 saturated heterocycles. The summed E-state index contributed by atoms with van der Waals surface area (Å²) in [4.78, 5) is 38.0. The first-order valence-electron chi connectivity index (χ1n) is 11.6. The number of carboxylic acid groups (broad SMARTS) is 1. The standard InChI is InChI=1S/C25H31N3O7S/c1-18-8-9-19(2)22(16-18)36(33,34)28-14-12-27(13-15-28)23(29)11-10-21(24(30)31)26-25(32)35-17-20-6-4-3-5-7-20/h3-9,16,21H,10-15,17H2,1-2H3,(H,26,32)(H,30,31)/t21-/m0/s1. The Labute approximate surface area is 210 Å². The van der Waals surface area contributed by atoms with Gasteiger partial charge in [0, 0.05) is 32.6 Å². The molecule has 1 aliphatic rings. The molecule has 2 aromatic carbocycles. The highest BCUT2D eigenvalue weighted by Crippen LogP contribution is 2.22. The molecular weight excluding hydrogens is 486 g/mol. The van der Waals surface area contributed by atoms with Crippen LogP contribution in [-0.2, 0) is 31.0 Å². The molecule has 11 heteroatoms. The molecule has 0 aliphatic carbocycles. The van der Waals surface area contributed by atoms with Crippen molar-refractivity contribution in [2.24, 2.45) is 0 Å². The average molecular weight is 518 g/mol. The number of aliphatic carboxylic acids is 1. The van der Waals surface area contributed by atoms with Crippen molar-refractivity contribution in [3.05, 3.63) is 65.2 Å². The zero-order chi connectivity index (χ0) is 26.3. The summed E-state index contributed by atoms with van der Waals surface area (Å²) >= 11 is 0. The Kier molecular flexibility index (Phi) is 9.05. The number of alkyl carbamates (subject to hydrolysis) is 1. The van der Waals surface area contributed by atoms with E-state index in [1.165, 1.54) is 9.21 Å². The van der Waals surface area contributed by atoms with Gasteiger partial charge in [-0.05, 0) is 43.0 Å². The Bertz CT molecular complexity index is 1190. The molecule has 0 aromatic heterocycles. The summed E-state index contributed by atoms with van der Waals surface area (Å²) in [5.74, 6) is -1.58. The number of sulfonamides is 1. The lowest BCUT2D eigenvalue weighted by molar-refractivity contribution is -0.140. The van der Waals surface area contributed by atoms with Gasteiger partial charge >= 0.3 is 12.1 Å². The summed E-state index contributed by atoms with van der Waals surface area (Å²) in [5.41, 5.74) is 2.26. The number of nitrogens with zero attached hydrogens (tertiary/aromatic N) is 2. The lowest BCUT2D eigenvalue weighted by Gasteiger charge is -2.34. The van der Waals surface area contributed by atoms with Crippen LogP contribution in [0.3, 0.4) is 0 Å². The molecule has 1 fully saturated rings. The van der Waals surface area contributed by atoms with E-state index in [0.29, 0.717) is 5.56 Å². The molecule has 0 saturated carbocycles. The van der Waals surface area contributed by atoms with Crippen LogP contribution in [0, 0.1) is 13.8 Å². The van der Waals surface area contributed by atoms with Crippen molar-refractivity contribution in [3.63, 3.8) is 0 Å². The van der Waals surface area contributed by atoms with E-state index in [9.17, 15) is 27.9 Å².